The van der Waals surface area contributed by atoms with E-state index in [0.29, 0.717) is 6.42 Å². The van der Waals surface area contributed by atoms with Crippen LogP contribution in [0.25, 0.3) is 0 Å². The van der Waals surface area contributed by atoms with Crippen LogP contribution in [-0.2, 0) is 9.59 Å². The fraction of sp³-hybridized carbons (Fsp3) is 0.429. The molecule has 1 amide bonds. The summed E-state index contributed by atoms with van der Waals surface area (Å²) < 4.78 is 5.13. The number of benzene rings is 1. The molecular weight excluding hydrogens is 292 g/mol. The Morgan fingerprint density at radius 1 is 1.41 bits per heavy atom. The Labute approximate surface area is 127 Å². The van der Waals surface area contributed by atoms with Crippen LogP contribution < -0.4 is 10.1 Å². The van der Waals surface area contributed by atoms with Crippen molar-refractivity contribution in [3.63, 3.8) is 0 Å². The van der Waals surface area contributed by atoms with E-state index in [0.717, 1.165) is 0 Å². The first-order chi connectivity index (χ1) is 10.3. The molecule has 0 heterocycles. The van der Waals surface area contributed by atoms with Gasteiger partial charge in [0.15, 0.2) is 6.61 Å². The predicted octanol–water partition coefficient (Wildman–Crippen LogP) is 1.59. The summed E-state index contributed by atoms with van der Waals surface area (Å²) in [5, 5.41) is 22.0. The van der Waals surface area contributed by atoms with Crippen LogP contribution in [0.5, 0.6) is 5.75 Å². The molecule has 22 heavy (non-hydrogen) atoms. The van der Waals surface area contributed by atoms with Crippen molar-refractivity contribution in [1.82, 2.24) is 5.32 Å². The summed E-state index contributed by atoms with van der Waals surface area (Å²) in [6.45, 7) is 3.28. The first kappa shape index (κ1) is 17.4. The van der Waals surface area contributed by atoms with Gasteiger partial charge in [0.2, 0.25) is 0 Å². The van der Waals surface area contributed by atoms with Gasteiger partial charge in [-0.15, -0.1) is 0 Å². The number of aliphatic carboxylic acids is 1. The number of rotatable bonds is 8. The standard InChI is InChI=1S/C14H18N2O6/c1-9(2)6-12(14(18)19)15-13(17)8-22-11-5-3-4-10(7-11)16(20)21/h3-5,7,9,12H,6,8H2,1-2H3,(H,15,17)(H,18,19)/t12-/m0/s1. The van der Waals surface area contributed by atoms with E-state index < -0.39 is 29.4 Å². The molecule has 0 aliphatic carbocycles. The Balaban J connectivity index is 2.56. The Bertz CT molecular complexity index is 558. The number of ether oxygens (including phenoxy) is 1. The normalized spacial score (nSPS) is 11.8. The van der Waals surface area contributed by atoms with Gasteiger partial charge in [-0.1, -0.05) is 19.9 Å². The number of nitrogens with zero attached hydrogens (tertiary/aromatic N) is 1. The molecule has 0 fully saturated rings. The number of nitro benzene ring substituents is 1. The third kappa shape index (κ3) is 5.78. The molecule has 0 aliphatic rings. The van der Waals surface area contributed by atoms with Crippen LogP contribution in [0.4, 0.5) is 5.69 Å². The van der Waals surface area contributed by atoms with E-state index >= 15 is 0 Å². The summed E-state index contributed by atoms with van der Waals surface area (Å²) in [7, 11) is 0. The zero-order valence-corrected chi connectivity index (χ0v) is 12.3. The van der Waals surface area contributed by atoms with E-state index in [1.807, 2.05) is 13.8 Å². The number of hydrogen-bond donors (Lipinski definition) is 2. The second-order valence-electron chi connectivity index (χ2n) is 5.13. The molecule has 1 aromatic carbocycles. The van der Waals surface area contributed by atoms with Gasteiger partial charge in [-0.3, -0.25) is 14.9 Å². The van der Waals surface area contributed by atoms with Gasteiger partial charge in [-0.05, 0) is 18.4 Å². The maximum absolute atomic E-state index is 11.7. The number of nitrogens with one attached hydrogen (secondary N) is 1. The van der Waals surface area contributed by atoms with Crippen molar-refractivity contribution >= 4 is 17.6 Å². The SMILES string of the molecule is CC(C)C[C@H](NC(=O)COc1cccc([N+](=O)[O-])c1)C(=O)O. The molecule has 1 atom stereocenters. The lowest BCUT2D eigenvalue weighted by atomic mass is 10.0. The topological polar surface area (TPSA) is 119 Å². The first-order valence-electron chi connectivity index (χ1n) is 6.69. The fourth-order valence-corrected chi connectivity index (χ4v) is 1.76. The minimum absolute atomic E-state index is 0.110. The van der Waals surface area contributed by atoms with Crippen LogP contribution in [-0.4, -0.2) is 34.6 Å². The van der Waals surface area contributed by atoms with Crippen LogP contribution in [0.2, 0.25) is 0 Å². The number of nitro groups is 1. The highest BCUT2D eigenvalue weighted by Gasteiger charge is 2.21. The zero-order chi connectivity index (χ0) is 16.7. The van der Waals surface area contributed by atoms with Crippen LogP contribution in [0.15, 0.2) is 24.3 Å². The van der Waals surface area contributed by atoms with Gasteiger partial charge >= 0.3 is 5.97 Å². The summed E-state index contributed by atoms with van der Waals surface area (Å²) in [6, 6.07) is 4.42. The highest BCUT2D eigenvalue weighted by Crippen LogP contribution is 2.18. The summed E-state index contributed by atoms with van der Waals surface area (Å²) in [5.41, 5.74) is -0.152. The van der Waals surface area contributed by atoms with Crippen molar-refractivity contribution in [2.45, 2.75) is 26.3 Å². The zero-order valence-electron chi connectivity index (χ0n) is 12.3. The van der Waals surface area contributed by atoms with Crippen molar-refractivity contribution in [3.8, 4) is 5.75 Å². The molecule has 2 N–H and O–H groups in total. The highest BCUT2D eigenvalue weighted by atomic mass is 16.6. The van der Waals surface area contributed by atoms with Gasteiger partial charge in [0.25, 0.3) is 11.6 Å². The molecule has 0 radical (unpaired) electrons. The number of carbonyl (C=O) groups is 2. The maximum Gasteiger partial charge on any atom is 0.326 e. The molecule has 0 bridgehead atoms. The first-order valence-corrected chi connectivity index (χ1v) is 6.69. The lowest BCUT2D eigenvalue weighted by Crippen LogP contribution is -2.43. The van der Waals surface area contributed by atoms with Crippen molar-refractivity contribution in [3.05, 3.63) is 34.4 Å². The second-order valence-corrected chi connectivity index (χ2v) is 5.13. The molecular formula is C14H18N2O6. The van der Waals surface area contributed by atoms with Gasteiger partial charge in [0.05, 0.1) is 11.0 Å². The van der Waals surface area contributed by atoms with Crippen LogP contribution in [0, 0.1) is 16.0 Å². The minimum Gasteiger partial charge on any atom is -0.484 e. The Hall–Kier alpha value is -2.64. The Morgan fingerprint density at radius 2 is 2.09 bits per heavy atom. The van der Waals surface area contributed by atoms with Gasteiger partial charge in [-0.2, -0.15) is 0 Å². The maximum atomic E-state index is 11.7. The molecule has 0 aliphatic heterocycles. The molecule has 120 valence electrons. The van der Waals surface area contributed by atoms with E-state index in [-0.39, 0.29) is 17.4 Å². The van der Waals surface area contributed by atoms with Crippen LogP contribution in [0.3, 0.4) is 0 Å². The lowest BCUT2D eigenvalue weighted by Gasteiger charge is -2.16. The molecule has 8 heteroatoms. The van der Waals surface area contributed by atoms with E-state index in [1.54, 1.807) is 0 Å². The number of hydrogen-bond acceptors (Lipinski definition) is 5. The van der Waals surface area contributed by atoms with E-state index in [4.69, 9.17) is 9.84 Å². The monoisotopic (exact) mass is 310 g/mol. The number of carboxylic acids is 1. The summed E-state index contributed by atoms with van der Waals surface area (Å²) in [6.07, 6.45) is 0.303. The summed E-state index contributed by atoms with van der Waals surface area (Å²) in [4.78, 5) is 32.8. The van der Waals surface area contributed by atoms with Crippen molar-refractivity contribution in [2.75, 3.05) is 6.61 Å². The van der Waals surface area contributed by atoms with Gasteiger partial charge in [0, 0.05) is 6.07 Å². The quantitative estimate of drug-likeness (QED) is 0.556. The van der Waals surface area contributed by atoms with Crippen molar-refractivity contribution < 1.29 is 24.4 Å². The summed E-state index contributed by atoms with van der Waals surface area (Å²) in [5.74, 6) is -1.43. The molecule has 8 nitrogen and oxygen atoms in total. The van der Waals surface area contributed by atoms with Gasteiger partial charge in [0.1, 0.15) is 11.8 Å². The lowest BCUT2D eigenvalue weighted by molar-refractivity contribution is -0.384. The third-order valence-corrected chi connectivity index (χ3v) is 2.74. The third-order valence-electron chi connectivity index (χ3n) is 2.74. The molecule has 0 unspecified atom stereocenters. The second kappa shape index (κ2) is 7.96. The van der Waals surface area contributed by atoms with Gasteiger partial charge < -0.3 is 15.2 Å². The van der Waals surface area contributed by atoms with Crippen molar-refractivity contribution in [2.24, 2.45) is 5.92 Å². The van der Waals surface area contributed by atoms with Gasteiger partial charge in [-0.25, -0.2) is 4.79 Å². The largest absolute Gasteiger partial charge is 0.484 e. The number of carbonyl (C=O) groups excluding carboxylic acids is 1. The van der Waals surface area contributed by atoms with Crippen LogP contribution in [0.1, 0.15) is 20.3 Å². The number of non-ortho nitro benzene ring substituents is 1. The predicted molar refractivity (Wildman–Crippen MR) is 77.6 cm³/mol. The van der Waals surface area contributed by atoms with E-state index in [9.17, 15) is 19.7 Å². The Morgan fingerprint density at radius 3 is 2.64 bits per heavy atom. The minimum atomic E-state index is -1.11. The van der Waals surface area contributed by atoms with Crippen LogP contribution >= 0.6 is 0 Å². The Kier molecular flexibility index (Phi) is 6.30. The van der Waals surface area contributed by atoms with E-state index in [2.05, 4.69) is 5.32 Å². The fourth-order valence-electron chi connectivity index (χ4n) is 1.76. The summed E-state index contributed by atoms with van der Waals surface area (Å²) >= 11 is 0. The molecule has 1 aromatic rings. The van der Waals surface area contributed by atoms with E-state index in [1.165, 1.54) is 24.3 Å². The number of carboxylic acid groups (broad SMARTS) is 1. The van der Waals surface area contributed by atoms with Crippen molar-refractivity contribution in [1.29, 1.82) is 0 Å². The molecule has 0 saturated carbocycles. The highest BCUT2D eigenvalue weighted by molar-refractivity contribution is 5.84. The molecule has 1 rings (SSSR count). The smallest absolute Gasteiger partial charge is 0.326 e. The average molecular weight is 310 g/mol. The molecule has 0 saturated heterocycles. The molecule has 0 aromatic heterocycles. The number of amides is 1. The molecule has 0 spiro atoms. The average Bonchev–Trinajstić information content (AvgIpc) is 2.44.